The van der Waals surface area contributed by atoms with Gasteiger partial charge in [0.1, 0.15) is 17.3 Å². The minimum absolute atomic E-state index is 0.0821. The molecule has 0 bridgehead atoms. The largest absolute Gasteiger partial charge is 0.376 e. The van der Waals surface area contributed by atoms with E-state index in [2.05, 4.69) is 10.6 Å². The Balaban J connectivity index is 2.20. The van der Waals surface area contributed by atoms with E-state index in [1.54, 1.807) is 19.9 Å². The van der Waals surface area contributed by atoms with Crippen molar-refractivity contribution < 1.29 is 22.0 Å². The number of carbonyl (C=O) groups excluding carboxylic acids is 1. The van der Waals surface area contributed by atoms with E-state index in [1.807, 2.05) is 0 Å². The molecule has 0 saturated heterocycles. The predicted molar refractivity (Wildman–Crippen MR) is 100 cm³/mol. The van der Waals surface area contributed by atoms with Crippen molar-refractivity contribution in [3.05, 3.63) is 53.1 Å². The molecule has 146 valence electrons. The molecule has 0 radical (unpaired) electrons. The SMILES string of the molecule is Cc1cc(S(=O)(=O)N(C)C)cc(NCC(=O)Nc2c(F)cccc2F)c1C. The number of hydrogen-bond donors (Lipinski definition) is 2. The van der Waals surface area contributed by atoms with Crippen molar-refractivity contribution >= 4 is 27.3 Å². The Hall–Kier alpha value is -2.52. The fourth-order valence-electron chi connectivity index (χ4n) is 2.35. The number of halogens is 2. The third-order valence-corrected chi connectivity index (χ3v) is 5.88. The van der Waals surface area contributed by atoms with E-state index in [4.69, 9.17) is 0 Å². The molecule has 9 heteroatoms. The zero-order chi connectivity index (χ0) is 20.4. The van der Waals surface area contributed by atoms with Crippen molar-refractivity contribution in [3.63, 3.8) is 0 Å². The fourth-order valence-corrected chi connectivity index (χ4v) is 3.36. The molecule has 2 aromatic carbocycles. The van der Waals surface area contributed by atoms with E-state index in [0.717, 1.165) is 27.6 Å². The van der Waals surface area contributed by atoms with Gasteiger partial charge in [-0.1, -0.05) is 6.07 Å². The minimum atomic E-state index is -3.64. The third kappa shape index (κ3) is 4.61. The number of nitrogens with zero attached hydrogens (tertiary/aromatic N) is 1. The monoisotopic (exact) mass is 397 g/mol. The molecule has 0 saturated carbocycles. The second-order valence-electron chi connectivity index (χ2n) is 6.20. The Labute approximate surface area is 157 Å². The zero-order valence-corrected chi connectivity index (χ0v) is 16.2. The normalized spacial score (nSPS) is 11.5. The van der Waals surface area contributed by atoms with Crippen LogP contribution in [0, 0.1) is 25.5 Å². The van der Waals surface area contributed by atoms with Crippen molar-refractivity contribution in [1.29, 1.82) is 0 Å². The lowest BCUT2D eigenvalue weighted by molar-refractivity contribution is -0.114. The minimum Gasteiger partial charge on any atom is -0.376 e. The Morgan fingerprint density at radius 1 is 1.11 bits per heavy atom. The average molecular weight is 397 g/mol. The van der Waals surface area contributed by atoms with Gasteiger partial charge in [0.2, 0.25) is 15.9 Å². The highest BCUT2D eigenvalue weighted by Crippen LogP contribution is 2.25. The Morgan fingerprint density at radius 3 is 2.26 bits per heavy atom. The summed E-state index contributed by atoms with van der Waals surface area (Å²) < 4.78 is 53.0. The lowest BCUT2D eigenvalue weighted by Gasteiger charge is -2.17. The zero-order valence-electron chi connectivity index (χ0n) is 15.4. The molecule has 1 amide bonds. The van der Waals surface area contributed by atoms with E-state index in [-0.39, 0.29) is 11.4 Å². The standard InChI is InChI=1S/C18H21F2N3O3S/c1-11-8-13(27(25,26)23(3)4)9-16(12(11)2)21-10-17(24)22-18-14(19)6-5-7-15(18)20/h5-9,21H,10H2,1-4H3,(H,22,24). The van der Waals surface area contributed by atoms with Gasteiger partial charge in [-0.15, -0.1) is 0 Å². The maximum atomic E-state index is 13.6. The van der Waals surface area contributed by atoms with Crippen LogP contribution in [0.25, 0.3) is 0 Å². The van der Waals surface area contributed by atoms with Crippen LogP contribution in [0.5, 0.6) is 0 Å². The second kappa shape index (κ2) is 8.01. The summed E-state index contributed by atoms with van der Waals surface area (Å²) in [5, 5.41) is 4.99. The van der Waals surface area contributed by atoms with Crippen molar-refractivity contribution in [3.8, 4) is 0 Å². The van der Waals surface area contributed by atoms with E-state index >= 15 is 0 Å². The summed E-state index contributed by atoms with van der Waals surface area (Å²) in [6.07, 6.45) is 0. The van der Waals surface area contributed by atoms with Crippen LogP contribution < -0.4 is 10.6 Å². The number of hydrogen-bond acceptors (Lipinski definition) is 4. The van der Waals surface area contributed by atoms with Gasteiger partial charge < -0.3 is 10.6 Å². The molecular formula is C18H21F2N3O3S. The predicted octanol–water partition coefficient (Wildman–Crippen LogP) is 2.88. The first-order chi connectivity index (χ1) is 12.5. The third-order valence-electron chi connectivity index (χ3n) is 4.09. The molecule has 0 aliphatic heterocycles. The Morgan fingerprint density at radius 2 is 1.70 bits per heavy atom. The number of nitrogens with one attached hydrogen (secondary N) is 2. The molecule has 2 aromatic rings. The summed E-state index contributed by atoms with van der Waals surface area (Å²) in [6, 6.07) is 6.24. The van der Waals surface area contributed by atoms with E-state index < -0.39 is 33.3 Å². The number of aryl methyl sites for hydroxylation is 1. The van der Waals surface area contributed by atoms with Crippen molar-refractivity contribution in [2.75, 3.05) is 31.3 Å². The van der Waals surface area contributed by atoms with Crippen molar-refractivity contribution in [1.82, 2.24) is 4.31 Å². The maximum absolute atomic E-state index is 13.6. The molecule has 0 aliphatic carbocycles. The van der Waals surface area contributed by atoms with Gasteiger partial charge >= 0.3 is 0 Å². The van der Waals surface area contributed by atoms with Gasteiger partial charge in [-0.25, -0.2) is 21.5 Å². The van der Waals surface area contributed by atoms with E-state index in [9.17, 15) is 22.0 Å². The average Bonchev–Trinajstić information content (AvgIpc) is 2.59. The van der Waals surface area contributed by atoms with E-state index in [0.29, 0.717) is 5.69 Å². The molecule has 0 atom stereocenters. The summed E-state index contributed by atoms with van der Waals surface area (Å²) in [7, 11) is -0.794. The first-order valence-corrected chi connectivity index (χ1v) is 9.49. The number of para-hydroxylation sites is 1. The van der Waals surface area contributed by atoms with E-state index in [1.165, 1.54) is 26.2 Å². The van der Waals surface area contributed by atoms with Crippen molar-refractivity contribution in [2.45, 2.75) is 18.7 Å². The molecule has 0 spiro atoms. The number of rotatable bonds is 6. The lowest BCUT2D eigenvalue weighted by atomic mass is 10.1. The summed E-state index contributed by atoms with van der Waals surface area (Å²) in [5.74, 6) is -2.43. The van der Waals surface area contributed by atoms with Gasteiger partial charge in [-0.2, -0.15) is 0 Å². The highest BCUT2D eigenvalue weighted by atomic mass is 32.2. The number of benzene rings is 2. The quantitative estimate of drug-likeness (QED) is 0.786. The molecule has 0 heterocycles. The van der Waals surface area contributed by atoms with Gasteiger partial charge in [0, 0.05) is 19.8 Å². The molecular weight excluding hydrogens is 376 g/mol. The van der Waals surface area contributed by atoms with Crippen LogP contribution in [0.4, 0.5) is 20.2 Å². The van der Waals surface area contributed by atoms with Crippen LogP contribution in [0.15, 0.2) is 35.2 Å². The molecule has 2 N–H and O–H groups in total. The molecule has 0 fully saturated rings. The number of sulfonamides is 1. The molecule has 6 nitrogen and oxygen atoms in total. The lowest BCUT2D eigenvalue weighted by Crippen LogP contribution is -2.24. The van der Waals surface area contributed by atoms with Gasteiger partial charge in [-0.3, -0.25) is 4.79 Å². The van der Waals surface area contributed by atoms with Crippen molar-refractivity contribution in [2.24, 2.45) is 0 Å². The summed E-state index contributed by atoms with van der Waals surface area (Å²) in [6.45, 7) is 3.24. The summed E-state index contributed by atoms with van der Waals surface area (Å²) >= 11 is 0. The van der Waals surface area contributed by atoms with Gasteiger partial charge in [0.25, 0.3) is 0 Å². The Bertz CT molecular complexity index is 956. The van der Waals surface area contributed by atoms with Crippen LogP contribution in [0.1, 0.15) is 11.1 Å². The molecule has 0 unspecified atom stereocenters. The molecule has 2 rings (SSSR count). The van der Waals surface area contributed by atoms with Crippen LogP contribution in [0.3, 0.4) is 0 Å². The number of anilines is 2. The van der Waals surface area contributed by atoms with Crippen LogP contribution >= 0.6 is 0 Å². The smallest absolute Gasteiger partial charge is 0.243 e. The van der Waals surface area contributed by atoms with Gasteiger partial charge in [-0.05, 0) is 49.2 Å². The number of carbonyl (C=O) groups is 1. The second-order valence-corrected chi connectivity index (χ2v) is 8.35. The Kier molecular flexibility index (Phi) is 6.17. The van der Waals surface area contributed by atoms with Crippen LogP contribution in [-0.2, 0) is 14.8 Å². The van der Waals surface area contributed by atoms with Gasteiger partial charge in [0.05, 0.1) is 11.4 Å². The summed E-state index contributed by atoms with van der Waals surface area (Å²) in [4.78, 5) is 12.1. The highest BCUT2D eigenvalue weighted by Gasteiger charge is 2.20. The highest BCUT2D eigenvalue weighted by molar-refractivity contribution is 7.89. The molecule has 0 aliphatic rings. The van der Waals surface area contributed by atoms with Crippen LogP contribution in [0.2, 0.25) is 0 Å². The first kappa shape index (κ1) is 20.8. The molecule has 27 heavy (non-hydrogen) atoms. The maximum Gasteiger partial charge on any atom is 0.243 e. The van der Waals surface area contributed by atoms with Crippen LogP contribution in [-0.4, -0.2) is 39.3 Å². The van der Waals surface area contributed by atoms with Gasteiger partial charge in [0.15, 0.2) is 0 Å². The topological polar surface area (TPSA) is 78.5 Å². The first-order valence-electron chi connectivity index (χ1n) is 8.05. The molecule has 0 aromatic heterocycles. The fraction of sp³-hybridized carbons (Fsp3) is 0.278. The number of amides is 1. The summed E-state index contributed by atoms with van der Waals surface area (Å²) in [5.41, 5.74) is 1.40.